The molecule has 0 spiro atoms. The van der Waals surface area contributed by atoms with Gasteiger partial charge in [0.1, 0.15) is 11.5 Å². The lowest BCUT2D eigenvalue weighted by Crippen LogP contribution is -2.04. The van der Waals surface area contributed by atoms with E-state index >= 15 is 0 Å². The second kappa shape index (κ2) is 26.0. The molecule has 0 aliphatic carbocycles. The van der Waals surface area contributed by atoms with Gasteiger partial charge in [0, 0.05) is 36.0 Å². The number of benzene rings is 8. The predicted octanol–water partition coefficient (Wildman–Crippen LogP) is 19.2. The quantitative estimate of drug-likeness (QED) is 0.0931. The standard InChI is InChI=1S/2C36H42N2O2/c2*1-21(2)28-11-9-12-29(22(3)4)33(28)37-19-26-17-15-25-16-18-27(36(40)32(25)35(26)39)20-38-34-30(23(5)6)13-10-14-31(34)24(7)8/h2*9-24,39-40H,1-8H3/p-2. The highest BCUT2D eigenvalue weighted by Crippen LogP contribution is 2.42. The number of fused-ring (bicyclic) bond motifs is 2. The van der Waals surface area contributed by atoms with Crippen LogP contribution in [0.15, 0.2) is 141 Å². The summed E-state index contributed by atoms with van der Waals surface area (Å²) in [6, 6.07) is 39.7. The van der Waals surface area contributed by atoms with Crippen LogP contribution in [0.2, 0.25) is 0 Å². The molecular weight excluding hydrogens is 985 g/mol. The lowest BCUT2D eigenvalue weighted by Gasteiger charge is -2.22. The van der Waals surface area contributed by atoms with Gasteiger partial charge in [-0.25, -0.2) is 0 Å². The molecule has 0 amide bonds. The summed E-state index contributed by atoms with van der Waals surface area (Å²) in [4.78, 5) is 19.4. The summed E-state index contributed by atoms with van der Waals surface area (Å²) < 4.78 is 0. The van der Waals surface area contributed by atoms with Crippen molar-refractivity contribution >= 4 is 69.2 Å². The zero-order valence-corrected chi connectivity index (χ0v) is 50.0. The first-order valence-corrected chi connectivity index (χ1v) is 28.6. The molecule has 2 N–H and O–H groups in total. The average Bonchev–Trinajstić information content (AvgIpc) is 3.41. The van der Waals surface area contributed by atoms with Gasteiger partial charge in [-0.1, -0.05) is 231 Å². The van der Waals surface area contributed by atoms with E-state index in [2.05, 4.69) is 184 Å². The van der Waals surface area contributed by atoms with Crippen LogP contribution < -0.4 is 10.2 Å². The van der Waals surface area contributed by atoms with E-state index < -0.39 is 0 Å². The van der Waals surface area contributed by atoms with Crippen LogP contribution >= 0.6 is 0 Å². The first-order valence-electron chi connectivity index (χ1n) is 28.6. The molecule has 0 aromatic heterocycles. The number of rotatable bonds is 16. The van der Waals surface area contributed by atoms with Crippen LogP contribution in [-0.2, 0) is 0 Å². The average molecular weight is 1070 g/mol. The van der Waals surface area contributed by atoms with Crippen LogP contribution in [0.5, 0.6) is 23.0 Å². The van der Waals surface area contributed by atoms with E-state index in [0.717, 1.165) is 50.4 Å². The normalized spacial score (nSPS) is 12.4. The largest absolute Gasteiger partial charge is 0.872 e. The molecule has 0 unspecified atom stereocenters. The topological polar surface area (TPSA) is 136 Å². The first-order chi connectivity index (χ1) is 38.0. The van der Waals surface area contributed by atoms with Gasteiger partial charge in [-0.3, -0.25) is 20.0 Å². The molecule has 0 fully saturated rings. The lowest BCUT2D eigenvalue weighted by molar-refractivity contribution is -0.275. The number of phenolic OH excluding ortho intramolecular Hbond substituents is 2. The Bertz CT molecular complexity index is 3060. The minimum Gasteiger partial charge on any atom is -0.872 e. The highest BCUT2D eigenvalue weighted by molar-refractivity contribution is 6.06. The van der Waals surface area contributed by atoms with Gasteiger partial charge in [0.05, 0.1) is 28.1 Å². The van der Waals surface area contributed by atoms with Crippen molar-refractivity contribution in [3.63, 3.8) is 0 Å². The van der Waals surface area contributed by atoms with E-state index in [1.807, 2.05) is 36.4 Å². The van der Waals surface area contributed by atoms with Gasteiger partial charge in [0.25, 0.3) is 0 Å². The van der Waals surface area contributed by atoms with E-state index in [0.29, 0.717) is 80.4 Å². The Hall–Kier alpha value is -7.84. The molecule has 8 rings (SSSR count). The maximum Gasteiger partial charge on any atom is 0.135 e. The van der Waals surface area contributed by atoms with Crippen LogP contribution in [-0.4, -0.2) is 35.1 Å². The van der Waals surface area contributed by atoms with Crippen molar-refractivity contribution in [2.45, 2.75) is 158 Å². The van der Waals surface area contributed by atoms with Crippen molar-refractivity contribution in [1.82, 2.24) is 0 Å². The first kappa shape index (κ1) is 59.8. The van der Waals surface area contributed by atoms with Gasteiger partial charge < -0.3 is 20.4 Å². The summed E-state index contributed by atoms with van der Waals surface area (Å²) in [6.45, 7) is 34.5. The van der Waals surface area contributed by atoms with Crippen LogP contribution in [0.3, 0.4) is 0 Å². The second-order valence-electron chi connectivity index (χ2n) is 23.6. The highest BCUT2D eigenvalue weighted by atomic mass is 16.3. The molecule has 80 heavy (non-hydrogen) atoms. The number of nitrogens with zero attached hydrogens (tertiary/aromatic N) is 4. The molecule has 0 saturated heterocycles. The molecule has 8 heteroatoms. The Morgan fingerprint density at radius 1 is 0.287 bits per heavy atom. The zero-order valence-electron chi connectivity index (χ0n) is 50.0. The lowest BCUT2D eigenvalue weighted by atomic mass is 9.93. The van der Waals surface area contributed by atoms with Crippen LogP contribution in [0, 0.1) is 0 Å². The summed E-state index contributed by atoms with van der Waals surface area (Å²) in [5.41, 5.74) is 14.9. The van der Waals surface area contributed by atoms with E-state index in [9.17, 15) is 20.4 Å². The van der Waals surface area contributed by atoms with E-state index in [-0.39, 0.29) is 28.4 Å². The van der Waals surface area contributed by atoms with Crippen molar-refractivity contribution in [2.75, 3.05) is 0 Å². The number of hydrogen-bond donors (Lipinski definition) is 2. The van der Waals surface area contributed by atoms with Gasteiger partial charge in [-0.2, -0.15) is 0 Å². The van der Waals surface area contributed by atoms with Crippen molar-refractivity contribution in [2.24, 2.45) is 20.0 Å². The fraction of sp³-hybridized carbons (Fsp3) is 0.333. The molecule has 0 atom stereocenters. The van der Waals surface area contributed by atoms with Gasteiger partial charge in [0.15, 0.2) is 0 Å². The third-order valence-electron chi connectivity index (χ3n) is 15.0. The van der Waals surface area contributed by atoms with Crippen molar-refractivity contribution < 1.29 is 20.4 Å². The Kier molecular flexibility index (Phi) is 19.4. The van der Waals surface area contributed by atoms with Crippen LogP contribution in [0.1, 0.15) is 225 Å². The third kappa shape index (κ3) is 13.1. The molecule has 0 aliphatic heterocycles. The Morgan fingerprint density at radius 2 is 0.487 bits per heavy atom. The molecule has 0 radical (unpaired) electrons. The SMILES string of the molecule is CC(C)c1cccc(C(C)C)c1N=Cc1ccc2ccc(C=Nc3c(C(C)C)cccc3C(C)C)c(O)c2c1O.CC(C)c1cccc(C(C)C)c1N=Cc1ccc2ccc(C=Nc3c(C(C)C)cccc3C(C)C)c([O-])c2c1[O-]. The number of aliphatic imine (C=N–C) groups is 4. The maximum absolute atomic E-state index is 13.6. The highest BCUT2D eigenvalue weighted by Gasteiger charge is 2.19. The summed E-state index contributed by atoms with van der Waals surface area (Å²) in [6.07, 6.45) is 6.64. The van der Waals surface area contributed by atoms with Crippen molar-refractivity contribution in [1.29, 1.82) is 0 Å². The van der Waals surface area contributed by atoms with Crippen molar-refractivity contribution in [3.8, 4) is 23.0 Å². The molecule has 416 valence electrons. The molecule has 8 aromatic carbocycles. The van der Waals surface area contributed by atoms with Gasteiger partial charge >= 0.3 is 0 Å². The Balaban J connectivity index is 0.000000231. The molecule has 8 aromatic rings. The number of para-hydroxylation sites is 4. The van der Waals surface area contributed by atoms with Gasteiger partial charge in [-0.05, 0) is 131 Å². The monoisotopic (exact) mass is 1070 g/mol. The number of hydrogen-bond acceptors (Lipinski definition) is 8. The fourth-order valence-electron chi connectivity index (χ4n) is 10.4. The van der Waals surface area contributed by atoms with Crippen LogP contribution in [0.25, 0.3) is 21.5 Å². The van der Waals surface area contributed by atoms with E-state index in [4.69, 9.17) is 20.0 Å². The second-order valence-corrected chi connectivity index (χ2v) is 23.6. The van der Waals surface area contributed by atoms with Gasteiger partial charge in [-0.15, -0.1) is 0 Å². The Labute approximate surface area is 476 Å². The molecule has 8 nitrogen and oxygen atoms in total. The summed E-state index contributed by atoms with van der Waals surface area (Å²) >= 11 is 0. The smallest absolute Gasteiger partial charge is 0.135 e. The molecule has 0 saturated carbocycles. The van der Waals surface area contributed by atoms with Crippen LogP contribution in [0.4, 0.5) is 22.7 Å². The van der Waals surface area contributed by atoms with E-state index in [1.165, 1.54) is 22.3 Å². The van der Waals surface area contributed by atoms with Gasteiger partial charge in [0.2, 0.25) is 0 Å². The summed E-state index contributed by atoms with van der Waals surface area (Å²) in [5, 5.41) is 51.7. The Morgan fingerprint density at radius 3 is 0.713 bits per heavy atom. The molecule has 0 heterocycles. The van der Waals surface area contributed by atoms with Crippen molar-refractivity contribution in [3.05, 3.63) is 188 Å². The molecule has 0 aliphatic rings. The number of phenols is 2. The summed E-state index contributed by atoms with van der Waals surface area (Å²) in [5.74, 6) is 1.85. The zero-order chi connectivity index (χ0) is 58.3. The molecular formula is C72H82N4O4-2. The summed E-state index contributed by atoms with van der Waals surface area (Å²) in [7, 11) is 0. The number of aromatic hydroxyl groups is 2. The van der Waals surface area contributed by atoms with E-state index in [1.54, 1.807) is 37.0 Å². The third-order valence-corrected chi connectivity index (χ3v) is 15.0. The fourth-order valence-corrected chi connectivity index (χ4v) is 10.4. The molecule has 0 bridgehead atoms. The minimum atomic E-state index is -0.305. The minimum absolute atomic E-state index is 0.00701. The predicted molar refractivity (Wildman–Crippen MR) is 338 cm³/mol. The maximum atomic E-state index is 13.6.